The van der Waals surface area contributed by atoms with Gasteiger partial charge in [-0.05, 0) is 63.1 Å². The zero-order valence-electron chi connectivity index (χ0n) is 22.9. The molecule has 0 aliphatic carbocycles. The number of carbonyl (C=O) groups is 2. The number of hydrogen-bond donors (Lipinski definition) is 0. The third kappa shape index (κ3) is 6.59. The van der Waals surface area contributed by atoms with Crippen LogP contribution in [0.5, 0.6) is 0 Å². The molecule has 0 saturated carbocycles. The molecule has 1 heterocycles. The molecule has 40 heavy (non-hydrogen) atoms. The number of methoxy groups -OCH3 is 1. The number of rotatable bonds is 8. The minimum absolute atomic E-state index is 0.109. The monoisotopic (exact) mass is 568 g/mol. The number of benzene rings is 3. The van der Waals surface area contributed by atoms with Crippen molar-refractivity contribution >= 4 is 22.1 Å². The molecule has 0 N–H and O–H groups in total. The Labute approximate surface area is 234 Å². The zero-order chi connectivity index (χ0) is 29.0. The van der Waals surface area contributed by atoms with Crippen LogP contribution in [0.2, 0.25) is 0 Å². The van der Waals surface area contributed by atoms with Crippen molar-refractivity contribution in [2.24, 2.45) is 0 Å². The fourth-order valence-electron chi connectivity index (χ4n) is 4.66. The van der Waals surface area contributed by atoms with Crippen LogP contribution in [-0.2, 0) is 33.2 Å². The lowest BCUT2D eigenvalue weighted by molar-refractivity contribution is -0.255. The highest BCUT2D eigenvalue weighted by Crippen LogP contribution is 2.30. The first-order valence-electron chi connectivity index (χ1n) is 12.7. The van der Waals surface area contributed by atoms with E-state index in [1.54, 1.807) is 56.3 Å². The van der Waals surface area contributed by atoms with Gasteiger partial charge in [-0.3, -0.25) is 4.18 Å². The first-order valence-corrected chi connectivity index (χ1v) is 14.1. The van der Waals surface area contributed by atoms with Gasteiger partial charge in [0, 0.05) is 7.11 Å². The highest BCUT2D eigenvalue weighted by atomic mass is 32.2. The van der Waals surface area contributed by atoms with Gasteiger partial charge in [0.1, 0.15) is 0 Å². The molecule has 0 aromatic heterocycles. The summed E-state index contributed by atoms with van der Waals surface area (Å²) in [6, 6.07) is 17.9. The van der Waals surface area contributed by atoms with Crippen molar-refractivity contribution < 1.29 is 41.1 Å². The molecule has 0 amide bonds. The lowest BCUT2D eigenvalue weighted by Gasteiger charge is -2.40. The molecule has 0 bridgehead atoms. The van der Waals surface area contributed by atoms with E-state index in [2.05, 4.69) is 0 Å². The third-order valence-corrected chi connectivity index (χ3v) is 7.88. The molecule has 10 heteroatoms. The average Bonchev–Trinajstić information content (AvgIpc) is 2.90. The molecule has 4 atom stereocenters. The van der Waals surface area contributed by atoms with Gasteiger partial charge in [0.15, 0.2) is 24.6 Å². The molecule has 9 nitrogen and oxygen atoms in total. The fourth-order valence-corrected chi connectivity index (χ4v) is 5.77. The van der Waals surface area contributed by atoms with Crippen molar-refractivity contribution in [3.63, 3.8) is 0 Å². The maximum Gasteiger partial charge on any atom is 0.339 e. The second-order valence-corrected chi connectivity index (χ2v) is 11.3. The van der Waals surface area contributed by atoms with Gasteiger partial charge >= 0.3 is 11.9 Å². The maximum atomic E-state index is 13.4. The molecule has 1 aliphatic heterocycles. The topological polar surface area (TPSA) is 114 Å². The lowest BCUT2D eigenvalue weighted by atomic mass is 9.99. The minimum atomic E-state index is -4.39. The van der Waals surface area contributed by atoms with Gasteiger partial charge in [-0.15, -0.1) is 0 Å². The summed E-state index contributed by atoms with van der Waals surface area (Å²) in [6.45, 7) is 7.05. The molecule has 1 saturated heterocycles. The van der Waals surface area contributed by atoms with E-state index in [1.807, 2.05) is 26.0 Å². The Balaban J connectivity index is 1.70. The van der Waals surface area contributed by atoms with Crippen molar-refractivity contribution in [2.45, 2.75) is 57.2 Å². The van der Waals surface area contributed by atoms with Gasteiger partial charge in [-0.25, -0.2) is 9.59 Å². The molecule has 212 valence electrons. The molecule has 1 fully saturated rings. The largest absolute Gasteiger partial charge is 0.453 e. The van der Waals surface area contributed by atoms with E-state index in [0.717, 1.165) is 11.1 Å². The maximum absolute atomic E-state index is 13.4. The van der Waals surface area contributed by atoms with Gasteiger partial charge < -0.3 is 18.9 Å². The minimum Gasteiger partial charge on any atom is -0.453 e. The van der Waals surface area contributed by atoms with Gasteiger partial charge in [-0.1, -0.05) is 53.6 Å². The second kappa shape index (κ2) is 12.3. The predicted molar refractivity (Wildman–Crippen MR) is 145 cm³/mol. The average molecular weight is 569 g/mol. The van der Waals surface area contributed by atoms with Gasteiger partial charge in [0.2, 0.25) is 0 Å². The summed E-state index contributed by atoms with van der Waals surface area (Å²) in [7, 11) is -3.07. The van der Waals surface area contributed by atoms with Crippen LogP contribution >= 0.6 is 0 Å². The third-order valence-electron chi connectivity index (χ3n) is 6.56. The highest BCUT2D eigenvalue weighted by molar-refractivity contribution is 7.86. The Morgan fingerprint density at radius 1 is 0.800 bits per heavy atom. The quantitative estimate of drug-likeness (QED) is 0.287. The van der Waals surface area contributed by atoms with E-state index in [0.29, 0.717) is 16.7 Å². The van der Waals surface area contributed by atoms with Crippen LogP contribution in [0.4, 0.5) is 0 Å². The van der Waals surface area contributed by atoms with Crippen LogP contribution in [-0.4, -0.2) is 58.7 Å². The summed E-state index contributed by atoms with van der Waals surface area (Å²) in [5, 5.41) is 0. The van der Waals surface area contributed by atoms with E-state index in [-0.39, 0.29) is 17.1 Å². The molecule has 4 rings (SSSR count). The normalized spacial score (nSPS) is 21.0. The smallest absolute Gasteiger partial charge is 0.339 e. The van der Waals surface area contributed by atoms with E-state index >= 15 is 0 Å². The number of esters is 2. The second-order valence-electron chi connectivity index (χ2n) is 9.72. The van der Waals surface area contributed by atoms with Crippen LogP contribution < -0.4 is 0 Å². The predicted octanol–water partition coefficient (Wildman–Crippen LogP) is 4.45. The van der Waals surface area contributed by atoms with Gasteiger partial charge in [0.25, 0.3) is 10.1 Å². The Morgan fingerprint density at radius 3 is 2.02 bits per heavy atom. The van der Waals surface area contributed by atoms with E-state index in [1.165, 1.54) is 19.2 Å². The molecular weight excluding hydrogens is 536 g/mol. The number of ether oxygens (including phenoxy) is 4. The summed E-state index contributed by atoms with van der Waals surface area (Å²) in [5.74, 6) is -1.44. The van der Waals surface area contributed by atoms with Crippen LogP contribution in [0, 0.1) is 27.7 Å². The summed E-state index contributed by atoms with van der Waals surface area (Å²) in [6.07, 6.45) is -5.33. The Kier molecular flexibility index (Phi) is 9.05. The molecule has 0 radical (unpaired) electrons. The van der Waals surface area contributed by atoms with E-state index in [4.69, 9.17) is 23.1 Å². The van der Waals surface area contributed by atoms with Crippen molar-refractivity contribution in [1.29, 1.82) is 0 Å². The van der Waals surface area contributed by atoms with Gasteiger partial charge in [-0.2, -0.15) is 8.42 Å². The Morgan fingerprint density at radius 2 is 1.43 bits per heavy atom. The molecule has 0 unspecified atom stereocenters. The molecular formula is C30H32O9S. The first kappa shape index (κ1) is 29.4. The molecule has 3 aromatic rings. The summed E-state index contributed by atoms with van der Waals surface area (Å²) >= 11 is 0. The number of aryl methyl sites for hydroxylation is 4. The Bertz CT molecular complexity index is 1440. The van der Waals surface area contributed by atoms with Crippen LogP contribution in [0.3, 0.4) is 0 Å². The summed E-state index contributed by atoms with van der Waals surface area (Å²) in [4.78, 5) is 26.3. The van der Waals surface area contributed by atoms with Crippen LogP contribution in [0.15, 0.2) is 71.6 Å². The van der Waals surface area contributed by atoms with Crippen molar-refractivity contribution in [2.75, 3.05) is 13.7 Å². The number of carbonyl (C=O) groups excluding carboxylic acids is 2. The lowest BCUT2D eigenvalue weighted by Crippen LogP contribution is -2.58. The van der Waals surface area contributed by atoms with E-state index < -0.39 is 46.7 Å². The van der Waals surface area contributed by atoms with Crippen molar-refractivity contribution in [1.82, 2.24) is 0 Å². The molecule has 1 aliphatic rings. The van der Waals surface area contributed by atoms with Crippen molar-refractivity contribution in [3.8, 4) is 0 Å². The van der Waals surface area contributed by atoms with Crippen LogP contribution in [0.1, 0.15) is 43.0 Å². The first-order chi connectivity index (χ1) is 19.0. The van der Waals surface area contributed by atoms with E-state index in [9.17, 15) is 18.0 Å². The Hall–Kier alpha value is -3.57. The van der Waals surface area contributed by atoms with Gasteiger partial charge in [0.05, 0.1) is 22.6 Å². The zero-order valence-corrected chi connectivity index (χ0v) is 23.8. The summed E-state index contributed by atoms with van der Waals surface area (Å²) in [5.41, 5.74) is 3.81. The number of hydrogen-bond acceptors (Lipinski definition) is 9. The summed E-state index contributed by atoms with van der Waals surface area (Å²) < 4.78 is 55.0. The SMILES string of the molecule is CO[C@H]1OC[C@@H](OC(=O)c2c(C)cc(C)cc2C)[C@@H](OS(=O)(=O)c2ccc(C)cc2)[C@H]1OC(=O)c1ccccc1. The molecule has 3 aromatic carbocycles. The fraction of sp³-hybridized carbons (Fsp3) is 0.333. The van der Waals surface area contributed by atoms with Crippen molar-refractivity contribution in [3.05, 3.63) is 100 Å². The molecule has 0 spiro atoms. The standard InChI is InChI=1S/C30H32O9S/c1-18-11-13-23(14-12-18)40(33,34)39-26-24(37-29(32)25-20(3)15-19(2)16-21(25)4)17-36-30(35-5)27(26)38-28(31)22-9-7-6-8-10-22/h6-16,24,26-27,30H,17H2,1-5H3/t24-,26-,27-,30+/m1/s1. The van der Waals surface area contributed by atoms with Crippen LogP contribution in [0.25, 0.3) is 0 Å². The highest BCUT2D eigenvalue weighted by Gasteiger charge is 2.49.